The molecule has 8 heteroatoms. The van der Waals surface area contributed by atoms with Crippen molar-refractivity contribution in [3.8, 4) is 0 Å². The number of carbonyl (C=O) groups excluding carboxylic acids is 1. The molecule has 86 valence electrons. The zero-order chi connectivity index (χ0) is 11.7. The summed E-state index contributed by atoms with van der Waals surface area (Å²) in [7, 11) is 1.58. The number of hydrogen-bond donors (Lipinski definition) is 3. The van der Waals surface area contributed by atoms with E-state index in [9.17, 15) is 4.79 Å². The monoisotopic (exact) mass is 241 g/mol. The SMILES string of the molecule is COCN1C=C2NC=C(C(N)=O)C(=S)N2N1. The topological polar surface area (TPSA) is 82.9 Å². The quantitative estimate of drug-likeness (QED) is 0.531. The number of thiocarbonyl (C=S) groups is 1. The van der Waals surface area contributed by atoms with Gasteiger partial charge in [-0.25, -0.2) is 5.01 Å². The molecule has 16 heavy (non-hydrogen) atoms. The number of carbonyl (C=O) groups is 1. The van der Waals surface area contributed by atoms with E-state index in [0.717, 1.165) is 0 Å². The van der Waals surface area contributed by atoms with Gasteiger partial charge in [0.15, 0.2) is 0 Å². The van der Waals surface area contributed by atoms with Gasteiger partial charge in [-0.15, -0.1) is 5.53 Å². The van der Waals surface area contributed by atoms with Crippen LogP contribution in [0, 0.1) is 0 Å². The van der Waals surface area contributed by atoms with Crippen LogP contribution in [-0.4, -0.2) is 34.8 Å². The van der Waals surface area contributed by atoms with Crippen molar-refractivity contribution in [1.29, 1.82) is 0 Å². The maximum atomic E-state index is 11.1. The summed E-state index contributed by atoms with van der Waals surface area (Å²) in [5, 5.41) is 6.13. The van der Waals surface area contributed by atoms with Gasteiger partial charge in [0.1, 0.15) is 17.5 Å². The minimum Gasteiger partial charge on any atom is -0.365 e. The first-order valence-electron chi connectivity index (χ1n) is 4.48. The molecule has 0 aromatic rings. The molecule has 4 N–H and O–H groups in total. The molecule has 0 fully saturated rings. The summed E-state index contributed by atoms with van der Waals surface area (Å²) in [6.45, 7) is 0.357. The fourth-order valence-corrected chi connectivity index (χ4v) is 1.68. The highest BCUT2D eigenvalue weighted by molar-refractivity contribution is 7.80. The third-order valence-corrected chi connectivity index (χ3v) is 2.48. The molecule has 0 atom stereocenters. The number of nitrogens with zero attached hydrogens (tertiary/aromatic N) is 2. The number of fused-ring (bicyclic) bond motifs is 1. The van der Waals surface area contributed by atoms with E-state index in [1.54, 1.807) is 23.3 Å². The lowest BCUT2D eigenvalue weighted by molar-refractivity contribution is -0.114. The van der Waals surface area contributed by atoms with Gasteiger partial charge in [0.05, 0.1) is 11.8 Å². The van der Waals surface area contributed by atoms with Gasteiger partial charge >= 0.3 is 0 Å². The molecule has 0 bridgehead atoms. The third-order valence-electron chi connectivity index (χ3n) is 2.08. The number of amides is 1. The highest BCUT2D eigenvalue weighted by atomic mass is 32.1. The van der Waals surface area contributed by atoms with Gasteiger partial charge in [-0.3, -0.25) is 9.80 Å². The number of nitrogens with one attached hydrogen (secondary N) is 2. The molecule has 0 saturated carbocycles. The Balaban J connectivity index is 2.16. The molecular weight excluding hydrogens is 230 g/mol. The Morgan fingerprint density at radius 2 is 2.44 bits per heavy atom. The van der Waals surface area contributed by atoms with Crippen LogP contribution in [0.5, 0.6) is 0 Å². The molecule has 2 heterocycles. The molecule has 0 saturated heterocycles. The van der Waals surface area contributed by atoms with Crippen LogP contribution in [0.4, 0.5) is 0 Å². The average Bonchev–Trinajstić information content (AvgIpc) is 2.62. The molecule has 0 radical (unpaired) electrons. The molecule has 0 unspecified atom stereocenters. The number of primary amides is 1. The van der Waals surface area contributed by atoms with E-state index in [0.29, 0.717) is 17.5 Å². The maximum absolute atomic E-state index is 11.1. The summed E-state index contributed by atoms with van der Waals surface area (Å²) in [6.07, 6.45) is 3.26. The van der Waals surface area contributed by atoms with Crippen LogP contribution >= 0.6 is 12.2 Å². The first kappa shape index (κ1) is 10.9. The van der Waals surface area contributed by atoms with E-state index in [-0.39, 0.29) is 5.57 Å². The van der Waals surface area contributed by atoms with Crippen molar-refractivity contribution in [2.45, 2.75) is 0 Å². The van der Waals surface area contributed by atoms with E-state index in [1.807, 2.05) is 0 Å². The normalized spacial score (nSPS) is 18.9. The first-order chi connectivity index (χ1) is 7.63. The zero-order valence-corrected chi connectivity index (χ0v) is 9.37. The lowest BCUT2D eigenvalue weighted by Gasteiger charge is -2.27. The Morgan fingerprint density at radius 3 is 3.06 bits per heavy atom. The molecule has 2 aliphatic heterocycles. The summed E-state index contributed by atoms with van der Waals surface area (Å²) in [4.78, 5) is 11.4. The Kier molecular flexibility index (Phi) is 2.77. The predicted molar refractivity (Wildman–Crippen MR) is 59.8 cm³/mol. The predicted octanol–water partition coefficient (Wildman–Crippen LogP) is -1.27. The summed E-state index contributed by atoms with van der Waals surface area (Å²) < 4.78 is 4.95. The fourth-order valence-electron chi connectivity index (χ4n) is 1.38. The van der Waals surface area contributed by atoms with Crippen molar-refractivity contribution in [1.82, 2.24) is 20.9 Å². The van der Waals surface area contributed by atoms with Gasteiger partial charge in [-0.1, -0.05) is 12.2 Å². The highest BCUT2D eigenvalue weighted by Gasteiger charge is 2.30. The minimum atomic E-state index is -0.566. The molecule has 1 amide bonds. The number of ether oxygens (including phenoxy) is 1. The second-order valence-electron chi connectivity index (χ2n) is 3.21. The van der Waals surface area contributed by atoms with Crippen LogP contribution in [0.2, 0.25) is 0 Å². The van der Waals surface area contributed by atoms with Crippen molar-refractivity contribution < 1.29 is 9.53 Å². The molecule has 2 aliphatic rings. The van der Waals surface area contributed by atoms with Crippen LogP contribution in [0.1, 0.15) is 0 Å². The maximum Gasteiger partial charge on any atom is 0.253 e. The second-order valence-corrected chi connectivity index (χ2v) is 3.60. The number of nitrogens with two attached hydrogens (primary N) is 1. The number of hydrazine groups is 2. The van der Waals surface area contributed by atoms with Crippen LogP contribution in [0.3, 0.4) is 0 Å². The molecule has 0 aromatic heterocycles. The standard InChI is InChI=1S/C8H11N5O2S/c1-15-4-12-3-6-10-2-5(7(9)14)8(16)13(6)11-12/h2-3,10-11H,4H2,1H3,(H2,9,14). The minimum absolute atomic E-state index is 0.263. The van der Waals surface area contributed by atoms with Crippen molar-refractivity contribution >= 4 is 23.1 Å². The van der Waals surface area contributed by atoms with Crippen LogP contribution < -0.4 is 16.6 Å². The van der Waals surface area contributed by atoms with Crippen molar-refractivity contribution in [3.63, 3.8) is 0 Å². The first-order valence-corrected chi connectivity index (χ1v) is 4.89. The summed E-state index contributed by atoms with van der Waals surface area (Å²) in [5.74, 6) is 0.149. The van der Waals surface area contributed by atoms with E-state index in [4.69, 9.17) is 22.7 Å². The molecular formula is C8H11N5O2S. The molecule has 2 rings (SSSR count). The fraction of sp³-hybridized carbons (Fsp3) is 0.250. The van der Waals surface area contributed by atoms with Crippen LogP contribution in [0.15, 0.2) is 23.8 Å². The Bertz CT molecular complexity index is 405. The van der Waals surface area contributed by atoms with E-state index in [2.05, 4.69) is 10.9 Å². The summed E-state index contributed by atoms with van der Waals surface area (Å²) in [6, 6.07) is 0. The van der Waals surface area contributed by atoms with E-state index in [1.165, 1.54) is 6.20 Å². The van der Waals surface area contributed by atoms with Gasteiger partial charge < -0.3 is 15.8 Å². The zero-order valence-electron chi connectivity index (χ0n) is 8.56. The smallest absolute Gasteiger partial charge is 0.253 e. The van der Waals surface area contributed by atoms with Crippen molar-refractivity contribution in [3.05, 3.63) is 23.8 Å². The van der Waals surface area contributed by atoms with Gasteiger partial charge in [0.2, 0.25) is 0 Å². The van der Waals surface area contributed by atoms with Gasteiger partial charge in [0.25, 0.3) is 5.91 Å². The number of hydrogen-bond acceptors (Lipinski definition) is 6. The van der Waals surface area contributed by atoms with Crippen LogP contribution in [-0.2, 0) is 9.53 Å². The lowest BCUT2D eigenvalue weighted by atomic mass is 10.2. The molecule has 0 aliphatic carbocycles. The lowest BCUT2D eigenvalue weighted by Crippen LogP contribution is -2.49. The Labute approximate surface area is 97.4 Å². The van der Waals surface area contributed by atoms with E-state index >= 15 is 0 Å². The molecule has 0 aromatic carbocycles. The average molecular weight is 241 g/mol. The Hall–Kier alpha value is -1.64. The largest absolute Gasteiger partial charge is 0.365 e. The summed E-state index contributed by atoms with van der Waals surface area (Å²) >= 11 is 5.12. The van der Waals surface area contributed by atoms with Crippen molar-refractivity contribution in [2.24, 2.45) is 5.73 Å². The number of methoxy groups -OCH3 is 1. The molecule has 0 spiro atoms. The summed E-state index contributed by atoms with van der Waals surface area (Å²) in [5.41, 5.74) is 8.37. The second kappa shape index (κ2) is 4.08. The van der Waals surface area contributed by atoms with Crippen molar-refractivity contribution in [2.75, 3.05) is 13.8 Å². The van der Waals surface area contributed by atoms with Gasteiger partial charge in [-0.05, 0) is 0 Å². The van der Waals surface area contributed by atoms with E-state index < -0.39 is 5.91 Å². The third kappa shape index (κ3) is 1.73. The number of rotatable bonds is 3. The van der Waals surface area contributed by atoms with Crippen LogP contribution in [0.25, 0.3) is 0 Å². The Morgan fingerprint density at radius 1 is 1.69 bits per heavy atom. The van der Waals surface area contributed by atoms with Gasteiger partial charge in [0, 0.05) is 13.3 Å². The van der Waals surface area contributed by atoms with Gasteiger partial charge in [-0.2, -0.15) is 0 Å². The highest BCUT2D eigenvalue weighted by Crippen LogP contribution is 2.17. The molecule has 7 nitrogen and oxygen atoms in total.